The molecule has 0 aliphatic rings. The highest BCUT2D eigenvalue weighted by Crippen LogP contribution is 2.36. The van der Waals surface area contributed by atoms with Crippen molar-refractivity contribution in [3.05, 3.63) is 62.9 Å². The molecule has 2 heterocycles. The molecular weight excluding hydrogens is 278 g/mol. The molecule has 0 bridgehead atoms. The first-order valence-electron chi connectivity index (χ1n) is 5.93. The van der Waals surface area contributed by atoms with Crippen LogP contribution in [-0.4, -0.2) is 10.1 Å². The third kappa shape index (κ3) is 2.25. The van der Waals surface area contributed by atoms with Gasteiger partial charge in [0.15, 0.2) is 0 Å². The second-order valence-electron chi connectivity index (χ2n) is 4.46. The molecule has 0 saturated heterocycles. The van der Waals surface area contributed by atoms with Crippen molar-refractivity contribution in [2.24, 2.45) is 0 Å². The summed E-state index contributed by atoms with van der Waals surface area (Å²) in [4.78, 5) is 5.09. The number of thiophene rings is 1. The van der Waals surface area contributed by atoms with Crippen LogP contribution in [0, 0.1) is 6.92 Å². The van der Waals surface area contributed by atoms with Gasteiger partial charge in [-0.25, -0.2) is 0 Å². The number of halogens is 1. The third-order valence-electron chi connectivity index (χ3n) is 3.12. The van der Waals surface area contributed by atoms with Crippen LogP contribution in [0.1, 0.15) is 22.1 Å². The number of rotatable bonds is 2. The maximum Gasteiger partial charge on any atom is 0.115 e. The normalized spacial score (nSPS) is 12.8. The Balaban J connectivity index is 2.06. The number of aromatic nitrogens is 1. The lowest BCUT2D eigenvalue weighted by atomic mass is 10.1. The Labute approximate surface area is 120 Å². The van der Waals surface area contributed by atoms with Crippen molar-refractivity contribution < 1.29 is 5.11 Å². The summed E-state index contributed by atoms with van der Waals surface area (Å²) in [5.41, 5.74) is 2.69. The Kier molecular flexibility index (Phi) is 3.27. The fraction of sp³-hybridized carbons (Fsp3) is 0.133. The molecule has 0 amide bonds. The van der Waals surface area contributed by atoms with E-state index in [0.29, 0.717) is 5.02 Å². The van der Waals surface area contributed by atoms with Crippen molar-refractivity contribution in [2.75, 3.05) is 0 Å². The van der Waals surface area contributed by atoms with Gasteiger partial charge in [0.1, 0.15) is 6.10 Å². The number of aliphatic hydroxyl groups excluding tert-OH is 1. The van der Waals surface area contributed by atoms with E-state index in [-0.39, 0.29) is 0 Å². The average Bonchev–Trinajstić information content (AvgIpc) is 2.78. The summed E-state index contributed by atoms with van der Waals surface area (Å²) in [6.07, 6.45) is 1.05. The summed E-state index contributed by atoms with van der Waals surface area (Å²) in [7, 11) is 0. The van der Waals surface area contributed by atoms with Gasteiger partial charge in [0.2, 0.25) is 0 Å². The highest BCUT2D eigenvalue weighted by atomic mass is 35.5. The van der Waals surface area contributed by atoms with E-state index >= 15 is 0 Å². The van der Waals surface area contributed by atoms with Gasteiger partial charge < -0.3 is 5.11 Å². The van der Waals surface area contributed by atoms with Crippen molar-refractivity contribution in [1.82, 2.24) is 4.98 Å². The van der Waals surface area contributed by atoms with E-state index in [9.17, 15) is 5.11 Å². The smallest absolute Gasteiger partial charge is 0.115 e. The molecule has 4 heteroatoms. The number of aryl methyl sites for hydroxylation is 1. The number of benzene rings is 1. The minimum atomic E-state index is -0.697. The van der Waals surface area contributed by atoms with Crippen molar-refractivity contribution in [2.45, 2.75) is 13.0 Å². The van der Waals surface area contributed by atoms with Gasteiger partial charge in [-0.2, -0.15) is 0 Å². The Morgan fingerprint density at radius 2 is 2.16 bits per heavy atom. The lowest BCUT2D eigenvalue weighted by Crippen LogP contribution is -1.98. The monoisotopic (exact) mass is 289 g/mol. The van der Waals surface area contributed by atoms with Gasteiger partial charge in [-0.05, 0) is 35.6 Å². The zero-order chi connectivity index (χ0) is 13.4. The van der Waals surface area contributed by atoms with Crippen molar-refractivity contribution in [1.29, 1.82) is 0 Å². The quantitative estimate of drug-likeness (QED) is 0.761. The van der Waals surface area contributed by atoms with E-state index in [1.165, 1.54) is 11.3 Å². The highest BCUT2D eigenvalue weighted by Gasteiger charge is 2.17. The maximum absolute atomic E-state index is 10.4. The van der Waals surface area contributed by atoms with Crippen molar-refractivity contribution in [3.8, 4) is 0 Å². The van der Waals surface area contributed by atoms with Crippen LogP contribution >= 0.6 is 22.9 Å². The van der Waals surface area contributed by atoms with E-state index in [0.717, 1.165) is 26.9 Å². The van der Waals surface area contributed by atoms with Crippen molar-refractivity contribution in [3.63, 3.8) is 0 Å². The minimum Gasteiger partial charge on any atom is -0.383 e. The SMILES string of the molecule is Cc1csc(C(O)c2ccc3cccnc3c2)c1Cl. The molecule has 0 aliphatic heterocycles. The zero-order valence-corrected chi connectivity index (χ0v) is 11.9. The second kappa shape index (κ2) is 4.93. The maximum atomic E-state index is 10.4. The van der Waals surface area contributed by atoms with E-state index in [1.807, 2.05) is 42.6 Å². The van der Waals surface area contributed by atoms with E-state index in [2.05, 4.69) is 4.98 Å². The van der Waals surface area contributed by atoms with Crippen LogP contribution in [0.25, 0.3) is 10.9 Å². The summed E-state index contributed by atoms with van der Waals surface area (Å²) in [6.45, 7) is 1.94. The first kappa shape index (κ1) is 12.6. The van der Waals surface area contributed by atoms with E-state index < -0.39 is 6.10 Å². The molecule has 3 aromatic rings. The molecule has 1 aromatic carbocycles. The number of hydrogen-bond donors (Lipinski definition) is 1. The number of hydrogen-bond acceptors (Lipinski definition) is 3. The molecule has 96 valence electrons. The molecule has 2 nitrogen and oxygen atoms in total. The second-order valence-corrected chi connectivity index (χ2v) is 5.74. The van der Waals surface area contributed by atoms with Crippen LogP contribution in [0.4, 0.5) is 0 Å². The molecule has 1 N–H and O–H groups in total. The fourth-order valence-corrected chi connectivity index (χ4v) is 3.35. The predicted molar refractivity (Wildman–Crippen MR) is 79.9 cm³/mol. The number of nitrogens with zero attached hydrogens (tertiary/aromatic N) is 1. The first-order valence-corrected chi connectivity index (χ1v) is 7.19. The molecule has 1 unspecified atom stereocenters. The van der Waals surface area contributed by atoms with Crippen LogP contribution in [0.2, 0.25) is 5.02 Å². The lowest BCUT2D eigenvalue weighted by molar-refractivity contribution is 0.224. The molecule has 0 spiro atoms. The van der Waals surface area contributed by atoms with Crippen LogP contribution in [0.5, 0.6) is 0 Å². The molecule has 19 heavy (non-hydrogen) atoms. The third-order valence-corrected chi connectivity index (χ3v) is 4.89. The summed E-state index contributed by atoms with van der Waals surface area (Å²) in [5.74, 6) is 0. The molecule has 0 aliphatic carbocycles. The Morgan fingerprint density at radius 1 is 1.32 bits per heavy atom. The molecule has 2 aromatic heterocycles. The summed E-state index contributed by atoms with van der Waals surface area (Å²) in [5, 5.41) is 14.1. The lowest BCUT2D eigenvalue weighted by Gasteiger charge is -2.10. The van der Waals surface area contributed by atoms with Gasteiger partial charge in [-0.3, -0.25) is 4.98 Å². The number of pyridine rings is 1. The molecule has 3 rings (SSSR count). The van der Waals surface area contributed by atoms with Crippen LogP contribution < -0.4 is 0 Å². The highest BCUT2D eigenvalue weighted by molar-refractivity contribution is 7.10. The first-order chi connectivity index (χ1) is 9.16. The van der Waals surface area contributed by atoms with Gasteiger partial charge in [0, 0.05) is 11.6 Å². The largest absolute Gasteiger partial charge is 0.383 e. The molecule has 1 atom stereocenters. The summed E-state index contributed by atoms with van der Waals surface area (Å²) in [6, 6.07) is 9.69. The van der Waals surface area contributed by atoms with Gasteiger partial charge >= 0.3 is 0 Å². The number of fused-ring (bicyclic) bond motifs is 1. The summed E-state index contributed by atoms with van der Waals surface area (Å²) >= 11 is 7.69. The van der Waals surface area contributed by atoms with Gasteiger partial charge in [0.25, 0.3) is 0 Å². The topological polar surface area (TPSA) is 33.1 Å². The van der Waals surface area contributed by atoms with E-state index in [4.69, 9.17) is 11.6 Å². The Hall–Kier alpha value is -1.42. The van der Waals surface area contributed by atoms with E-state index in [1.54, 1.807) is 6.20 Å². The molecular formula is C15H12ClNOS. The van der Waals surface area contributed by atoms with Gasteiger partial charge in [-0.15, -0.1) is 11.3 Å². The Morgan fingerprint density at radius 3 is 2.89 bits per heavy atom. The standard InChI is InChI=1S/C15H12ClNOS/c1-9-8-19-15(13(9)16)14(18)11-5-4-10-3-2-6-17-12(10)7-11/h2-8,14,18H,1H3. The number of aliphatic hydroxyl groups is 1. The minimum absolute atomic E-state index is 0.651. The van der Waals surface area contributed by atoms with Crippen molar-refractivity contribution >= 4 is 33.8 Å². The van der Waals surface area contributed by atoms with Crippen LogP contribution in [-0.2, 0) is 0 Å². The summed E-state index contributed by atoms with van der Waals surface area (Å²) < 4.78 is 0. The van der Waals surface area contributed by atoms with Gasteiger partial charge in [-0.1, -0.05) is 29.8 Å². The predicted octanol–water partition coefficient (Wildman–Crippen LogP) is 4.34. The molecule has 0 saturated carbocycles. The molecule has 0 fully saturated rings. The molecule has 0 radical (unpaired) electrons. The Bertz CT molecular complexity index is 738. The average molecular weight is 290 g/mol. The zero-order valence-electron chi connectivity index (χ0n) is 10.3. The van der Waals surface area contributed by atoms with Crippen LogP contribution in [0.3, 0.4) is 0 Å². The van der Waals surface area contributed by atoms with Gasteiger partial charge in [0.05, 0.1) is 15.4 Å². The van der Waals surface area contributed by atoms with Crippen LogP contribution in [0.15, 0.2) is 41.9 Å². The fourth-order valence-electron chi connectivity index (χ4n) is 2.04.